The Labute approximate surface area is 527 Å². The van der Waals surface area contributed by atoms with Gasteiger partial charge in [0.05, 0.1) is 110 Å². The van der Waals surface area contributed by atoms with Crippen molar-refractivity contribution in [2.75, 3.05) is 164 Å². The van der Waals surface area contributed by atoms with Crippen molar-refractivity contribution < 1.29 is 81.4 Å². The fourth-order valence-corrected chi connectivity index (χ4v) is 8.53. The molecular formula is C58H88N16O17. The number of anilines is 7. The zero-order chi connectivity index (χ0) is 65.8. The summed E-state index contributed by atoms with van der Waals surface area (Å²) in [7, 11) is 9.76. The Bertz CT molecular complexity index is 3050. The second-order valence-corrected chi connectivity index (χ2v) is 20.6. The van der Waals surface area contributed by atoms with Gasteiger partial charge in [-0.25, -0.2) is 9.97 Å². The first kappa shape index (κ1) is 73.3. The third-order valence-corrected chi connectivity index (χ3v) is 13.3. The highest BCUT2D eigenvalue weighted by Gasteiger charge is 2.21. The number of nitrogens with one attached hydrogen (secondary N) is 7. The topological polar surface area (TPSA) is 381 Å². The van der Waals surface area contributed by atoms with Crippen molar-refractivity contribution >= 4 is 87.9 Å². The number of aryl methyl sites for hydroxylation is 5. The molecule has 0 aliphatic carbocycles. The van der Waals surface area contributed by atoms with Crippen molar-refractivity contribution in [2.45, 2.75) is 64.3 Å². The summed E-state index contributed by atoms with van der Waals surface area (Å²) >= 11 is 0. The van der Waals surface area contributed by atoms with E-state index in [1.807, 2.05) is 0 Å². The molecule has 33 heteroatoms. The number of carbonyl (C=O) groups excluding carboxylic acids is 7. The van der Waals surface area contributed by atoms with Gasteiger partial charge in [-0.05, 0) is 19.4 Å². The molecule has 5 aromatic heterocycles. The van der Waals surface area contributed by atoms with E-state index in [-0.39, 0.29) is 67.8 Å². The molecule has 0 atom stereocenters. The van der Waals surface area contributed by atoms with Gasteiger partial charge in [0, 0.05) is 143 Å². The lowest BCUT2D eigenvalue weighted by Gasteiger charge is -2.22. The van der Waals surface area contributed by atoms with E-state index in [9.17, 15) is 38.4 Å². The monoisotopic (exact) mass is 1280 g/mol. The first-order valence-electron chi connectivity index (χ1n) is 29.8. The number of hydrogen-bond acceptors (Lipinski definition) is 20. The number of amides is 7. The Morgan fingerprint density at radius 1 is 0.451 bits per heavy atom. The van der Waals surface area contributed by atoms with Gasteiger partial charge in [-0.3, -0.25) is 48.6 Å². The number of imidazole rings is 3. The highest BCUT2D eigenvalue weighted by Crippen LogP contribution is 2.23. The largest absolute Gasteiger partial charge is 0.481 e. The average molecular weight is 1280 g/mol. The maximum atomic E-state index is 13.8. The summed E-state index contributed by atoms with van der Waals surface area (Å²) < 4.78 is 51.7. The van der Waals surface area contributed by atoms with Gasteiger partial charge in [0.2, 0.25) is 41.3 Å². The first-order chi connectivity index (χ1) is 43.9. The Hall–Kier alpha value is -8.41. The van der Waals surface area contributed by atoms with Crippen molar-refractivity contribution in [3.05, 3.63) is 61.0 Å². The Morgan fingerprint density at radius 3 is 1.45 bits per heavy atom. The van der Waals surface area contributed by atoms with Crippen LogP contribution in [0.1, 0.15) is 79.0 Å². The van der Waals surface area contributed by atoms with E-state index in [4.69, 9.17) is 43.0 Å². The number of aliphatic carboxylic acids is 1. The molecule has 5 aromatic rings. The Morgan fingerprint density at radius 2 is 0.912 bits per heavy atom. The number of carbonyl (C=O) groups is 8. The molecule has 0 aromatic carbocycles. The maximum absolute atomic E-state index is 13.8. The summed E-state index contributed by atoms with van der Waals surface area (Å²) in [6, 6.07) is 3.15. The summed E-state index contributed by atoms with van der Waals surface area (Å²) in [5.74, 6) is -3.69. The second-order valence-electron chi connectivity index (χ2n) is 20.6. The van der Waals surface area contributed by atoms with Gasteiger partial charge in [-0.15, -0.1) is 0 Å². The molecule has 33 nitrogen and oxygen atoms in total. The molecule has 0 saturated heterocycles. The minimum absolute atomic E-state index is 0.0615. The van der Waals surface area contributed by atoms with Crippen LogP contribution in [0.15, 0.2) is 49.3 Å². The van der Waals surface area contributed by atoms with E-state index in [2.05, 4.69) is 57.1 Å². The molecule has 0 aliphatic rings. The molecule has 0 spiro atoms. The minimum Gasteiger partial charge on any atom is -0.481 e. The molecule has 5 rings (SSSR count). The summed E-state index contributed by atoms with van der Waals surface area (Å²) in [5, 5.41) is 27.8. The molecule has 8 N–H and O–H groups in total. The van der Waals surface area contributed by atoms with E-state index >= 15 is 0 Å². The van der Waals surface area contributed by atoms with E-state index in [0.717, 1.165) is 19.4 Å². The van der Waals surface area contributed by atoms with Gasteiger partial charge in [-0.2, -0.15) is 4.98 Å². The number of carboxylic acids is 1. The van der Waals surface area contributed by atoms with Crippen LogP contribution in [0, 0.1) is 0 Å². The third-order valence-electron chi connectivity index (χ3n) is 13.3. The van der Waals surface area contributed by atoms with Gasteiger partial charge in [0.1, 0.15) is 11.6 Å². The van der Waals surface area contributed by atoms with Crippen molar-refractivity contribution in [3.8, 4) is 0 Å². The van der Waals surface area contributed by atoms with Crippen molar-refractivity contribution in [3.63, 3.8) is 0 Å². The van der Waals surface area contributed by atoms with Crippen LogP contribution >= 0.6 is 0 Å². The fraction of sp³-hybridized carbons (Fsp3) is 0.569. The van der Waals surface area contributed by atoms with Crippen LogP contribution in [0.25, 0.3) is 0 Å². The normalized spacial score (nSPS) is 11.2. The van der Waals surface area contributed by atoms with Gasteiger partial charge < -0.3 is 97.7 Å². The second kappa shape index (κ2) is 41.1. The summed E-state index contributed by atoms with van der Waals surface area (Å²) in [4.78, 5) is 117. The Kier molecular flexibility index (Phi) is 33.1. The average Bonchev–Trinajstić information content (AvgIpc) is 1.87. The summed E-state index contributed by atoms with van der Waals surface area (Å²) in [6.45, 7) is 9.04. The molecular weight excluding hydrogens is 1190 g/mol. The zero-order valence-electron chi connectivity index (χ0n) is 52.7. The van der Waals surface area contributed by atoms with Crippen LogP contribution in [0.5, 0.6) is 0 Å². The van der Waals surface area contributed by atoms with Crippen LogP contribution in [-0.2, 0) is 101 Å². The molecule has 5 heterocycles. The lowest BCUT2D eigenvalue weighted by atomic mass is 10.2. The number of nitrogens with zero attached hydrogens (tertiary/aromatic N) is 9. The number of ether oxygens (including phenoxy) is 8. The molecule has 0 saturated carbocycles. The highest BCUT2D eigenvalue weighted by atomic mass is 16.6. The van der Waals surface area contributed by atoms with Crippen molar-refractivity contribution in [2.24, 2.45) is 28.2 Å². The zero-order valence-corrected chi connectivity index (χ0v) is 52.7. The number of unbranched alkanes of at least 4 members (excludes halogenated alkanes) is 2. The molecule has 7 amide bonds. The molecule has 0 aliphatic heterocycles. The van der Waals surface area contributed by atoms with E-state index in [1.165, 1.54) is 27.7 Å². The number of rotatable bonds is 48. The number of methoxy groups -OCH3 is 2. The predicted octanol–water partition coefficient (Wildman–Crippen LogP) is 2.91. The molecule has 502 valence electrons. The summed E-state index contributed by atoms with van der Waals surface area (Å²) in [6.07, 6.45) is 10.1. The van der Waals surface area contributed by atoms with Crippen LogP contribution < -0.4 is 37.2 Å². The van der Waals surface area contributed by atoms with Gasteiger partial charge in [-0.1, -0.05) is 6.42 Å². The standard InChI is InChI=1S/C58H88N16O17/c1-69-19-16-59-54(69)56(82)60-42-36-46(70(2)38-42)66-50(77)12-10-48(75)62-44-40-71(3)55(64-44)57(83)61-43-37-47(67-51(78)13-11-49(76)63-45-41-72(4)58(65-45)68-52(79)14-15-53(80)81)74(39-43)18-9-7-8-17-73(20-22-86-28-30-90-34-32-88-26-24-84-5)21-23-87-29-31-91-35-33-89-27-25-85-6/h16,19,36-41H,7-15,17-18,20-35H2,1-6H3,(H,60,82)(H,61,83)(H,62,75)(H,63,76)(H,66,77)(H,67,78)(H,80,81)(H,65,68,79). The highest BCUT2D eigenvalue weighted by molar-refractivity contribution is 6.04. The smallest absolute Gasteiger partial charge is 0.303 e. The SMILES string of the molecule is COCCOCCOCCOCCN(CCCCCn1cc(NC(=O)c2nc(NC(=O)CCC(=O)Nc3cc(NC(=O)c4nccn4C)cn3C)cn2C)cc1NC(=O)CCC(=O)Nc1cn(C)c(NC(=O)CCC(=O)O)n1)CCOCCOCCOCCOC. The number of hydrogen-bond donors (Lipinski definition) is 8. The van der Waals surface area contributed by atoms with Crippen LogP contribution in [0.4, 0.5) is 40.6 Å². The Balaban J connectivity index is 1.16. The fourth-order valence-electron chi connectivity index (χ4n) is 8.53. The minimum atomic E-state index is -1.13. The number of aromatic nitrogens is 8. The van der Waals surface area contributed by atoms with Gasteiger partial charge >= 0.3 is 5.97 Å². The van der Waals surface area contributed by atoms with Gasteiger partial charge in [0.15, 0.2) is 17.5 Å². The predicted molar refractivity (Wildman–Crippen MR) is 333 cm³/mol. The van der Waals surface area contributed by atoms with E-state index < -0.39 is 47.3 Å². The van der Waals surface area contributed by atoms with Crippen molar-refractivity contribution in [1.29, 1.82) is 0 Å². The van der Waals surface area contributed by atoms with Crippen molar-refractivity contribution in [1.82, 2.24) is 42.7 Å². The van der Waals surface area contributed by atoms with Gasteiger partial charge in [0.25, 0.3) is 11.8 Å². The van der Waals surface area contributed by atoms with E-state index in [1.54, 1.807) is 86.8 Å². The molecule has 0 fully saturated rings. The summed E-state index contributed by atoms with van der Waals surface area (Å²) in [5.41, 5.74) is 0.738. The molecule has 0 radical (unpaired) electrons. The van der Waals surface area contributed by atoms with Crippen LogP contribution in [-0.4, -0.2) is 221 Å². The lowest BCUT2D eigenvalue weighted by molar-refractivity contribution is -0.138. The lowest BCUT2D eigenvalue weighted by Crippen LogP contribution is -2.32. The van der Waals surface area contributed by atoms with Crippen LogP contribution in [0.2, 0.25) is 0 Å². The molecule has 91 heavy (non-hydrogen) atoms. The van der Waals surface area contributed by atoms with Crippen LogP contribution in [0.3, 0.4) is 0 Å². The maximum Gasteiger partial charge on any atom is 0.303 e. The molecule has 0 unspecified atom stereocenters. The first-order valence-corrected chi connectivity index (χ1v) is 29.8. The van der Waals surface area contributed by atoms with E-state index in [0.29, 0.717) is 142 Å². The quantitative estimate of drug-likeness (QED) is 0.0260. The third kappa shape index (κ3) is 28.5. The number of carboxylic acid groups (broad SMARTS) is 1. The molecule has 0 bridgehead atoms.